The van der Waals surface area contributed by atoms with Gasteiger partial charge >= 0.3 is 5.97 Å². The van der Waals surface area contributed by atoms with Crippen molar-refractivity contribution in [3.8, 4) is 0 Å². The van der Waals surface area contributed by atoms with Gasteiger partial charge in [-0.3, -0.25) is 4.79 Å². The van der Waals surface area contributed by atoms with Crippen LogP contribution in [0.4, 0.5) is 0 Å². The number of thiophene rings is 1. The average Bonchev–Trinajstić information content (AvgIpc) is 3.03. The van der Waals surface area contributed by atoms with E-state index in [1.54, 1.807) is 4.90 Å². The molecule has 0 spiro atoms. The molecule has 1 aromatic rings. The predicted octanol–water partition coefficient (Wildman–Crippen LogP) is 1.26. The molecule has 1 saturated carbocycles. The quantitative estimate of drug-likeness (QED) is 0.895. The molecule has 6 heteroatoms. The van der Waals surface area contributed by atoms with Crippen LogP contribution in [0.25, 0.3) is 0 Å². The van der Waals surface area contributed by atoms with Crippen LogP contribution in [-0.2, 0) is 14.3 Å². The predicted molar refractivity (Wildman–Crippen MR) is 64.3 cm³/mol. The highest BCUT2D eigenvalue weighted by molar-refractivity contribution is 7.08. The molecule has 18 heavy (non-hydrogen) atoms. The molecule has 1 aliphatic carbocycles. The van der Waals surface area contributed by atoms with Crippen LogP contribution in [-0.4, -0.2) is 40.6 Å². The molecule has 1 aromatic heterocycles. The molecule has 1 aliphatic heterocycles. The molecule has 2 fully saturated rings. The summed E-state index contributed by atoms with van der Waals surface area (Å²) >= 11 is 1.50. The molecule has 2 unspecified atom stereocenters. The van der Waals surface area contributed by atoms with Crippen molar-refractivity contribution in [1.82, 2.24) is 4.90 Å². The Labute approximate surface area is 108 Å². The number of rotatable bonds is 3. The number of morpholine rings is 1. The van der Waals surface area contributed by atoms with Crippen LogP contribution in [0.2, 0.25) is 0 Å². The second-order valence-corrected chi connectivity index (χ2v) is 5.38. The maximum atomic E-state index is 12.0. The van der Waals surface area contributed by atoms with Gasteiger partial charge in [-0.1, -0.05) is 0 Å². The van der Waals surface area contributed by atoms with Crippen LogP contribution in [0.1, 0.15) is 24.4 Å². The molecule has 0 aromatic carbocycles. The smallest absolute Gasteiger partial charge is 0.335 e. The van der Waals surface area contributed by atoms with Gasteiger partial charge in [0.1, 0.15) is 6.61 Å². The van der Waals surface area contributed by atoms with Gasteiger partial charge < -0.3 is 14.7 Å². The molecule has 3 rings (SSSR count). The number of amides is 1. The molecule has 96 valence electrons. The number of hydrogen-bond donors (Lipinski definition) is 1. The summed E-state index contributed by atoms with van der Waals surface area (Å²) in [7, 11) is 0. The highest BCUT2D eigenvalue weighted by Gasteiger charge is 2.47. The third kappa shape index (κ3) is 1.91. The Bertz CT molecular complexity index is 468. The summed E-state index contributed by atoms with van der Waals surface area (Å²) in [5.74, 6) is -1.12. The Hall–Kier alpha value is -1.40. The van der Waals surface area contributed by atoms with E-state index in [1.165, 1.54) is 11.3 Å². The molecule has 2 heterocycles. The van der Waals surface area contributed by atoms with Gasteiger partial charge in [-0.2, -0.15) is 11.3 Å². The van der Waals surface area contributed by atoms with Crippen molar-refractivity contribution in [3.63, 3.8) is 0 Å². The number of carbonyl (C=O) groups is 2. The number of carbonyl (C=O) groups excluding carboxylic acids is 1. The summed E-state index contributed by atoms with van der Waals surface area (Å²) < 4.78 is 5.21. The second-order valence-electron chi connectivity index (χ2n) is 4.60. The summed E-state index contributed by atoms with van der Waals surface area (Å²) in [6.07, 6.45) is 0.954. The molecule has 5 nitrogen and oxygen atoms in total. The molecule has 1 amide bonds. The van der Waals surface area contributed by atoms with E-state index in [0.29, 0.717) is 0 Å². The van der Waals surface area contributed by atoms with Gasteiger partial charge in [-0.15, -0.1) is 0 Å². The van der Waals surface area contributed by atoms with E-state index in [0.717, 1.165) is 18.4 Å². The lowest BCUT2D eigenvalue weighted by molar-refractivity contribution is -0.173. The lowest BCUT2D eigenvalue weighted by Gasteiger charge is -2.39. The number of hydrogen-bond acceptors (Lipinski definition) is 4. The largest absolute Gasteiger partial charge is 0.479 e. The lowest BCUT2D eigenvalue weighted by Crippen LogP contribution is -2.52. The zero-order valence-electron chi connectivity index (χ0n) is 9.61. The molecular weight excluding hydrogens is 254 g/mol. The van der Waals surface area contributed by atoms with Gasteiger partial charge in [-0.25, -0.2) is 4.79 Å². The summed E-state index contributed by atoms with van der Waals surface area (Å²) in [6.45, 7) is -0.131. The topological polar surface area (TPSA) is 66.8 Å². The summed E-state index contributed by atoms with van der Waals surface area (Å²) in [6, 6.07) is 1.57. The van der Waals surface area contributed by atoms with E-state index in [2.05, 4.69) is 0 Å². The van der Waals surface area contributed by atoms with Gasteiger partial charge in [0.2, 0.25) is 5.91 Å². The van der Waals surface area contributed by atoms with Crippen molar-refractivity contribution >= 4 is 23.2 Å². The molecule has 0 radical (unpaired) electrons. The molecule has 1 saturated heterocycles. The first-order valence-corrected chi connectivity index (χ1v) is 6.80. The fourth-order valence-corrected chi connectivity index (χ4v) is 3.09. The minimum absolute atomic E-state index is 0.105. The highest BCUT2D eigenvalue weighted by atomic mass is 32.1. The zero-order chi connectivity index (χ0) is 12.7. The summed E-state index contributed by atoms with van der Waals surface area (Å²) in [4.78, 5) is 25.0. The van der Waals surface area contributed by atoms with Crippen LogP contribution in [0.3, 0.4) is 0 Å². The minimum atomic E-state index is -1.01. The third-order valence-corrected chi connectivity index (χ3v) is 4.03. The Morgan fingerprint density at radius 1 is 1.50 bits per heavy atom. The Kier molecular flexibility index (Phi) is 2.83. The van der Waals surface area contributed by atoms with Gasteiger partial charge in [-0.05, 0) is 35.2 Å². The number of carboxylic acid groups (broad SMARTS) is 1. The van der Waals surface area contributed by atoms with Crippen LogP contribution in [0.15, 0.2) is 16.8 Å². The van der Waals surface area contributed by atoms with Crippen molar-refractivity contribution in [3.05, 3.63) is 22.4 Å². The standard InChI is InChI=1S/C12H13NO4S/c14-9-5-17-11(12(15)16)10(7-3-4-18-6-7)13(9)8-1-2-8/h3-4,6,8,10-11H,1-2,5H2,(H,15,16). The van der Waals surface area contributed by atoms with Crippen LogP contribution >= 0.6 is 11.3 Å². The van der Waals surface area contributed by atoms with Crippen LogP contribution in [0, 0.1) is 0 Å². The zero-order valence-corrected chi connectivity index (χ0v) is 10.4. The molecular formula is C12H13NO4S. The maximum absolute atomic E-state index is 12.0. The molecule has 0 bridgehead atoms. The SMILES string of the molecule is O=C(O)C1OCC(=O)N(C2CC2)C1c1ccsc1. The molecule has 2 atom stereocenters. The molecule has 1 N–H and O–H groups in total. The fraction of sp³-hybridized carbons (Fsp3) is 0.500. The lowest BCUT2D eigenvalue weighted by atomic mass is 10.0. The average molecular weight is 267 g/mol. The van der Waals surface area contributed by atoms with Gasteiger partial charge in [0.05, 0.1) is 6.04 Å². The monoisotopic (exact) mass is 267 g/mol. The Balaban J connectivity index is 1.98. The van der Waals surface area contributed by atoms with Crippen molar-refractivity contribution < 1.29 is 19.4 Å². The van der Waals surface area contributed by atoms with Crippen LogP contribution < -0.4 is 0 Å². The van der Waals surface area contributed by atoms with Crippen molar-refractivity contribution in [2.75, 3.05) is 6.61 Å². The van der Waals surface area contributed by atoms with Crippen LogP contribution in [0.5, 0.6) is 0 Å². The van der Waals surface area contributed by atoms with E-state index in [1.807, 2.05) is 16.8 Å². The van der Waals surface area contributed by atoms with Crippen molar-refractivity contribution in [1.29, 1.82) is 0 Å². The van der Waals surface area contributed by atoms with Gasteiger partial charge in [0, 0.05) is 6.04 Å². The Morgan fingerprint density at radius 2 is 2.28 bits per heavy atom. The highest BCUT2D eigenvalue weighted by Crippen LogP contribution is 2.39. The maximum Gasteiger partial charge on any atom is 0.335 e. The second kappa shape index (κ2) is 4.37. The summed E-state index contributed by atoms with van der Waals surface area (Å²) in [5, 5.41) is 13.0. The van der Waals surface area contributed by atoms with E-state index in [4.69, 9.17) is 4.74 Å². The van der Waals surface area contributed by atoms with Gasteiger partial charge in [0.15, 0.2) is 6.10 Å². The normalized spacial score (nSPS) is 28.4. The van der Waals surface area contributed by atoms with Gasteiger partial charge in [0.25, 0.3) is 0 Å². The van der Waals surface area contributed by atoms with E-state index < -0.39 is 18.1 Å². The first-order chi connectivity index (χ1) is 8.68. The van der Waals surface area contributed by atoms with E-state index >= 15 is 0 Å². The van der Waals surface area contributed by atoms with Crippen molar-refractivity contribution in [2.45, 2.75) is 31.0 Å². The van der Waals surface area contributed by atoms with Crippen molar-refractivity contribution in [2.24, 2.45) is 0 Å². The number of carboxylic acids is 1. The Morgan fingerprint density at radius 3 is 2.83 bits per heavy atom. The first kappa shape index (κ1) is 11.7. The fourth-order valence-electron chi connectivity index (χ4n) is 2.40. The number of aliphatic carboxylic acids is 1. The first-order valence-electron chi connectivity index (χ1n) is 5.86. The minimum Gasteiger partial charge on any atom is -0.479 e. The number of ether oxygens (including phenoxy) is 1. The number of nitrogens with zero attached hydrogens (tertiary/aromatic N) is 1. The van der Waals surface area contributed by atoms with E-state index in [9.17, 15) is 14.7 Å². The van der Waals surface area contributed by atoms with E-state index in [-0.39, 0.29) is 18.6 Å². The summed E-state index contributed by atoms with van der Waals surface area (Å²) in [5.41, 5.74) is 0.854. The third-order valence-electron chi connectivity index (χ3n) is 3.33. The molecule has 2 aliphatic rings.